The first-order chi connectivity index (χ1) is 12.3. The van der Waals surface area contributed by atoms with E-state index in [1.165, 1.54) is 32.2 Å². The summed E-state index contributed by atoms with van der Waals surface area (Å²) in [6.45, 7) is 13.3. The molecule has 0 radical (unpaired) electrons. The van der Waals surface area contributed by atoms with Gasteiger partial charge in [-0.25, -0.2) is 0 Å². The van der Waals surface area contributed by atoms with Crippen LogP contribution in [0.15, 0.2) is 4.99 Å². The topological polar surface area (TPSA) is 52.1 Å². The van der Waals surface area contributed by atoms with Crippen molar-refractivity contribution in [1.82, 2.24) is 20.4 Å². The van der Waals surface area contributed by atoms with E-state index < -0.39 is 0 Å². The first-order valence-corrected chi connectivity index (χ1v) is 10.3. The molecule has 6 heteroatoms. The monoisotopic (exact) mass is 351 g/mol. The highest BCUT2D eigenvalue weighted by molar-refractivity contribution is 5.79. The summed E-state index contributed by atoms with van der Waals surface area (Å²) in [6, 6.07) is 1.33. The molecule has 2 saturated carbocycles. The van der Waals surface area contributed by atoms with E-state index in [1.807, 2.05) is 0 Å². The van der Waals surface area contributed by atoms with Crippen molar-refractivity contribution in [1.29, 1.82) is 0 Å². The third kappa shape index (κ3) is 6.76. The number of guanidine groups is 1. The van der Waals surface area contributed by atoms with E-state index in [2.05, 4.69) is 34.3 Å². The van der Waals surface area contributed by atoms with Crippen molar-refractivity contribution < 1.29 is 4.74 Å². The van der Waals surface area contributed by atoms with Gasteiger partial charge in [-0.2, -0.15) is 0 Å². The number of aliphatic imine (C=N–C) groups is 1. The lowest BCUT2D eigenvalue weighted by Gasteiger charge is -2.31. The molecule has 1 saturated heterocycles. The zero-order valence-corrected chi connectivity index (χ0v) is 16.2. The van der Waals surface area contributed by atoms with E-state index in [9.17, 15) is 0 Å². The van der Waals surface area contributed by atoms with Gasteiger partial charge >= 0.3 is 0 Å². The van der Waals surface area contributed by atoms with Gasteiger partial charge in [-0.1, -0.05) is 0 Å². The van der Waals surface area contributed by atoms with Crippen molar-refractivity contribution in [3.63, 3.8) is 0 Å². The van der Waals surface area contributed by atoms with Crippen LogP contribution in [0.25, 0.3) is 0 Å². The Morgan fingerprint density at radius 1 is 1.20 bits per heavy atom. The molecular formula is C19H37N5O. The van der Waals surface area contributed by atoms with Gasteiger partial charge in [0.2, 0.25) is 0 Å². The lowest BCUT2D eigenvalue weighted by molar-refractivity contribution is 0.0220. The van der Waals surface area contributed by atoms with Crippen molar-refractivity contribution in [2.45, 2.75) is 51.6 Å². The summed E-state index contributed by atoms with van der Waals surface area (Å²) in [5.41, 5.74) is 0. The SMILES string of the molecule is CCNC(=NCC(C)N1CCOCC1)NCCN(CC1CC1)C1CC1. The van der Waals surface area contributed by atoms with Gasteiger partial charge in [0.15, 0.2) is 5.96 Å². The summed E-state index contributed by atoms with van der Waals surface area (Å²) >= 11 is 0. The van der Waals surface area contributed by atoms with Crippen LogP contribution in [0.2, 0.25) is 0 Å². The van der Waals surface area contributed by atoms with Gasteiger partial charge in [0, 0.05) is 51.4 Å². The number of morpholine rings is 1. The second-order valence-corrected chi connectivity index (χ2v) is 7.81. The summed E-state index contributed by atoms with van der Waals surface area (Å²) in [4.78, 5) is 9.98. The summed E-state index contributed by atoms with van der Waals surface area (Å²) in [5.74, 6) is 1.95. The molecule has 0 aromatic rings. The zero-order valence-electron chi connectivity index (χ0n) is 16.2. The molecule has 3 fully saturated rings. The number of hydrogen-bond acceptors (Lipinski definition) is 4. The Balaban J connectivity index is 1.39. The molecule has 144 valence electrons. The average Bonchev–Trinajstić information content (AvgIpc) is 3.53. The molecule has 0 spiro atoms. The fourth-order valence-corrected chi connectivity index (χ4v) is 3.51. The Bertz CT molecular complexity index is 416. The molecule has 6 nitrogen and oxygen atoms in total. The molecule has 0 amide bonds. The van der Waals surface area contributed by atoms with Crippen LogP contribution in [0.4, 0.5) is 0 Å². The largest absolute Gasteiger partial charge is 0.379 e. The van der Waals surface area contributed by atoms with Gasteiger partial charge in [0.05, 0.1) is 19.8 Å². The number of ether oxygens (including phenoxy) is 1. The van der Waals surface area contributed by atoms with Gasteiger partial charge in [-0.3, -0.25) is 14.8 Å². The van der Waals surface area contributed by atoms with Crippen molar-refractivity contribution in [2.75, 3.05) is 59.0 Å². The van der Waals surface area contributed by atoms with E-state index in [0.29, 0.717) is 6.04 Å². The summed E-state index contributed by atoms with van der Waals surface area (Å²) in [6.07, 6.45) is 5.69. The Kier molecular flexibility index (Phi) is 7.37. The third-order valence-corrected chi connectivity index (χ3v) is 5.47. The van der Waals surface area contributed by atoms with E-state index >= 15 is 0 Å². The van der Waals surface area contributed by atoms with E-state index in [4.69, 9.17) is 9.73 Å². The molecule has 25 heavy (non-hydrogen) atoms. The number of nitrogens with one attached hydrogen (secondary N) is 2. The van der Waals surface area contributed by atoms with Crippen LogP contribution in [0.5, 0.6) is 0 Å². The van der Waals surface area contributed by atoms with Crippen LogP contribution in [0.3, 0.4) is 0 Å². The third-order valence-electron chi connectivity index (χ3n) is 5.47. The Morgan fingerprint density at radius 3 is 2.60 bits per heavy atom. The maximum absolute atomic E-state index is 5.44. The first-order valence-electron chi connectivity index (χ1n) is 10.3. The summed E-state index contributed by atoms with van der Waals surface area (Å²) < 4.78 is 5.44. The molecule has 0 aromatic carbocycles. The van der Waals surface area contributed by atoms with Gasteiger partial charge < -0.3 is 15.4 Å². The number of rotatable bonds is 10. The molecule has 0 aromatic heterocycles. The van der Waals surface area contributed by atoms with Crippen molar-refractivity contribution in [2.24, 2.45) is 10.9 Å². The standard InChI is InChI=1S/C19H37N5O/c1-3-20-19(22-14-16(2)23-10-12-25-13-11-23)21-8-9-24(18-6-7-18)15-17-4-5-17/h16-18H,3-15H2,1-2H3,(H2,20,21,22). The molecule has 1 heterocycles. The fourth-order valence-electron chi connectivity index (χ4n) is 3.51. The zero-order chi connectivity index (χ0) is 17.5. The van der Waals surface area contributed by atoms with Crippen LogP contribution in [-0.4, -0.2) is 86.9 Å². The first kappa shape index (κ1) is 18.9. The second-order valence-electron chi connectivity index (χ2n) is 7.81. The summed E-state index contributed by atoms with van der Waals surface area (Å²) in [7, 11) is 0. The molecular weight excluding hydrogens is 314 g/mol. The molecule has 1 atom stereocenters. The van der Waals surface area contributed by atoms with Gasteiger partial charge in [0.1, 0.15) is 0 Å². The molecule has 3 aliphatic rings. The normalized spacial score (nSPS) is 23.7. The van der Waals surface area contributed by atoms with Gasteiger partial charge in [0.25, 0.3) is 0 Å². The van der Waals surface area contributed by atoms with Crippen LogP contribution in [-0.2, 0) is 4.74 Å². The predicted octanol–water partition coefficient (Wildman–Crippen LogP) is 1.14. The predicted molar refractivity (Wildman–Crippen MR) is 103 cm³/mol. The molecule has 0 bridgehead atoms. The van der Waals surface area contributed by atoms with Crippen molar-refractivity contribution in [3.8, 4) is 0 Å². The highest BCUT2D eigenvalue weighted by Gasteiger charge is 2.33. The Labute approximate surface area is 153 Å². The molecule has 3 rings (SSSR count). The maximum atomic E-state index is 5.44. The number of nitrogens with zero attached hydrogens (tertiary/aromatic N) is 3. The average molecular weight is 352 g/mol. The van der Waals surface area contributed by atoms with E-state index in [0.717, 1.165) is 70.4 Å². The molecule has 2 aliphatic carbocycles. The van der Waals surface area contributed by atoms with Gasteiger partial charge in [-0.15, -0.1) is 0 Å². The molecule has 1 unspecified atom stereocenters. The van der Waals surface area contributed by atoms with E-state index in [-0.39, 0.29) is 0 Å². The van der Waals surface area contributed by atoms with Crippen molar-refractivity contribution >= 4 is 5.96 Å². The Morgan fingerprint density at radius 2 is 1.96 bits per heavy atom. The smallest absolute Gasteiger partial charge is 0.191 e. The van der Waals surface area contributed by atoms with Gasteiger partial charge in [-0.05, 0) is 45.4 Å². The maximum Gasteiger partial charge on any atom is 0.191 e. The summed E-state index contributed by atoms with van der Waals surface area (Å²) in [5, 5.41) is 6.93. The van der Waals surface area contributed by atoms with Crippen LogP contribution in [0, 0.1) is 5.92 Å². The fraction of sp³-hybridized carbons (Fsp3) is 0.947. The minimum atomic E-state index is 0.470. The van der Waals surface area contributed by atoms with Crippen LogP contribution < -0.4 is 10.6 Å². The minimum Gasteiger partial charge on any atom is -0.379 e. The van der Waals surface area contributed by atoms with Crippen molar-refractivity contribution in [3.05, 3.63) is 0 Å². The Hall–Kier alpha value is -0.850. The van der Waals surface area contributed by atoms with Crippen LogP contribution in [0.1, 0.15) is 39.5 Å². The molecule has 2 N–H and O–H groups in total. The molecule has 1 aliphatic heterocycles. The van der Waals surface area contributed by atoms with Crippen LogP contribution >= 0.6 is 0 Å². The highest BCUT2D eigenvalue weighted by atomic mass is 16.5. The highest BCUT2D eigenvalue weighted by Crippen LogP contribution is 2.34. The second kappa shape index (κ2) is 9.74. The minimum absolute atomic E-state index is 0.470. The lowest BCUT2D eigenvalue weighted by atomic mass is 10.2. The quantitative estimate of drug-likeness (QED) is 0.457. The lowest BCUT2D eigenvalue weighted by Crippen LogP contribution is -2.45. The van der Waals surface area contributed by atoms with E-state index in [1.54, 1.807) is 0 Å². The number of hydrogen-bond donors (Lipinski definition) is 2.